The minimum absolute atomic E-state index is 0.173. The number of aromatic nitrogens is 2. The van der Waals surface area contributed by atoms with Crippen LogP contribution in [-0.4, -0.2) is 21.6 Å². The van der Waals surface area contributed by atoms with Crippen molar-refractivity contribution in [2.75, 3.05) is 7.11 Å². The molecule has 6 heteroatoms. The van der Waals surface area contributed by atoms with Gasteiger partial charge >= 0.3 is 0 Å². The standard InChI is InChI=1S/C14H13FN2O2S/c1-19-12-4-2-3-10(15)13(12)11(18)7-9-8-17-5-6-20-14(17)16-9/h2-6,8,11,18H,7H2,1H3. The van der Waals surface area contributed by atoms with Gasteiger partial charge in [-0.1, -0.05) is 6.07 Å². The molecule has 0 aliphatic carbocycles. The summed E-state index contributed by atoms with van der Waals surface area (Å²) < 4.78 is 20.9. The first-order valence-electron chi connectivity index (χ1n) is 6.10. The first kappa shape index (κ1) is 13.1. The summed E-state index contributed by atoms with van der Waals surface area (Å²) in [6, 6.07) is 4.50. The maximum Gasteiger partial charge on any atom is 0.193 e. The van der Waals surface area contributed by atoms with E-state index < -0.39 is 11.9 Å². The number of imidazole rings is 1. The Labute approximate surface area is 119 Å². The first-order valence-corrected chi connectivity index (χ1v) is 6.98. The van der Waals surface area contributed by atoms with Crippen molar-refractivity contribution in [2.45, 2.75) is 12.5 Å². The molecule has 1 N–H and O–H groups in total. The molecule has 104 valence electrons. The van der Waals surface area contributed by atoms with E-state index in [0.29, 0.717) is 5.75 Å². The van der Waals surface area contributed by atoms with Crippen LogP contribution in [0.5, 0.6) is 5.75 Å². The maximum absolute atomic E-state index is 13.9. The molecule has 3 aromatic rings. The summed E-state index contributed by atoms with van der Waals surface area (Å²) in [7, 11) is 1.46. The monoisotopic (exact) mass is 292 g/mol. The number of thiazole rings is 1. The lowest BCUT2D eigenvalue weighted by Gasteiger charge is -2.14. The van der Waals surface area contributed by atoms with Gasteiger partial charge in [0.05, 0.1) is 24.5 Å². The Balaban J connectivity index is 1.89. The molecular formula is C14H13FN2O2S. The maximum atomic E-state index is 13.9. The van der Waals surface area contributed by atoms with E-state index in [1.165, 1.54) is 24.5 Å². The minimum atomic E-state index is -0.990. The molecule has 20 heavy (non-hydrogen) atoms. The highest BCUT2D eigenvalue weighted by molar-refractivity contribution is 7.15. The number of ether oxygens (including phenoxy) is 1. The minimum Gasteiger partial charge on any atom is -0.496 e. The highest BCUT2D eigenvalue weighted by Gasteiger charge is 2.19. The average molecular weight is 292 g/mol. The van der Waals surface area contributed by atoms with E-state index in [0.717, 1.165) is 10.7 Å². The molecule has 0 bridgehead atoms. The smallest absolute Gasteiger partial charge is 0.193 e. The van der Waals surface area contributed by atoms with Crippen molar-refractivity contribution in [1.29, 1.82) is 0 Å². The van der Waals surface area contributed by atoms with Crippen molar-refractivity contribution in [3.05, 3.63) is 53.0 Å². The zero-order valence-electron chi connectivity index (χ0n) is 10.8. The molecule has 2 heterocycles. The molecule has 0 amide bonds. The number of hydrogen-bond donors (Lipinski definition) is 1. The lowest BCUT2D eigenvalue weighted by atomic mass is 10.0. The number of benzene rings is 1. The van der Waals surface area contributed by atoms with Crippen LogP contribution in [0.4, 0.5) is 4.39 Å². The summed E-state index contributed by atoms with van der Waals surface area (Å²) in [6.07, 6.45) is 2.98. The summed E-state index contributed by atoms with van der Waals surface area (Å²) in [5.41, 5.74) is 0.890. The lowest BCUT2D eigenvalue weighted by molar-refractivity contribution is 0.168. The molecule has 0 spiro atoms. The number of halogens is 1. The highest BCUT2D eigenvalue weighted by Crippen LogP contribution is 2.30. The number of nitrogens with zero attached hydrogens (tertiary/aromatic N) is 2. The van der Waals surface area contributed by atoms with Crippen LogP contribution in [0.3, 0.4) is 0 Å². The highest BCUT2D eigenvalue weighted by atomic mass is 32.1. The number of aliphatic hydroxyl groups excluding tert-OH is 1. The second kappa shape index (κ2) is 5.22. The van der Waals surface area contributed by atoms with Crippen LogP contribution in [-0.2, 0) is 6.42 Å². The third-order valence-electron chi connectivity index (χ3n) is 3.11. The normalized spacial score (nSPS) is 12.8. The Bertz CT molecular complexity index is 709. The molecule has 0 aliphatic heterocycles. The fourth-order valence-corrected chi connectivity index (χ4v) is 2.91. The van der Waals surface area contributed by atoms with E-state index in [1.807, 2.05) is 22.2 Å². The van der Waals surface area contributed by atoms with Gasteiger partial charge in [-0.3, -0.25) is 4.40 Å². The second-order valence-corrected chi connectivity index (χ2v) is 5.27. The Hall–Kier alpha value is -1.92. The molecule has 1 aromatic carbocycles. The van der Waals surface area contributed by atoms with Crippen LogP contribution < -0.4 is 4.74 Å². The number of rotatable bonds is 4. The van der Waals surface area contributed by atoms with Crippen LogP contribution in [0.2, 0.25) is 0 Å². The molecule has 3 rings (SSSR count). The van der Waals surface area contributed by atoms with Crippen molar-refractivity contribution in [1.82, 2.24) is 9.38 Å². The topological polar surface area (TPSA) is 46.8 Å². The van der Waals surface area contributed by atoms with Gasteiger partial charge in [0, 0.05) is 24.2 Å². The van der Waals surface area contributed by atoms with Gasteiger partial charge in [0.15, 0.2) is 4.96 Å². The molecular weight excluding hydrogens is 279 g/mol. The predicted molar refractivity (Wildman–Crippen MR) is 74.7 cm³/mol. The van der Waals surface area contributed by atoms with Crippen molar-refractivity contribution >= 4 is 16.3 Å². The van der Waals surface area contributed by atoms with E-state index in [2.05, 4.69) is 4.98 Å². The average Bonchev–Trinajstić information content (AvgIpc) is 2.98. The van der Waals surface area contributed by atoms with E-state index in [9.17, 15) is 9.50 Å². The summed E-state index contributed by atoms with van der Waals surface area (Å²) >= 11 is 1.51. The van der Waals surface area contributed by atoms with Crippen LogP contribution in [0.25, 0.3) is 4.96 Å². The molecule has 0 saturated carbocycles. The van der Waals surface area contributed by atoms with Crippen LogP contribution in [0, 0.1) is 5.82 Å². The number of fused-ring (bicyclic) bond motifs is 1. The predicted octanol–water partition coefficient (Wildman–Crippen LogP) is 2.82. The summed E-state index contributed by atoms with van der Waals surface area (Å²) in [6.45, 7) is 0. The summed E-state index contributed by atoms with van der Waals surface area (Å²) in [5.74, 6) is -0.128. The Morgan fingerprint density at radius 2 is 2.35 bits per heavy atom. The van der Waals surface area contributed by atoms with E-state index in [-0.39, 0.29) is 12.0 Å². The Morgan fingerprint density at radius 1 is 1.50 bits per heavy atom. The van der Waals surface area contributed by atoms with Crippen molar-refractivity contribution < 1.29 is 14.2 Å². The first-order chi connectivity index (χ1) is 9.69. The van der Waals surface area contributed by atoms with Crippen molar-refractivity contribution in [2.24, 2.45) is 0 Å². The van der Waals surface area contributed by atoms with Gasteiger partial charge in [-0.05, 0) is 12.1 Å². The molecule has 0 aliphatic rings. The third-order valence-corrected chi connectivity index (χ3v) is 3.88. The zero-order chi connectivity index (χ0) is 14.1. The number of aliphatic hydroxyl groups is 1. The molecule has 0 fully saturated rings. The summed E-state index contributed by atoms with van der Waals surface area (Å²) in [4.78, 5) is 5.24. The van der Waals surface area contributed by atoms with Gasteiger partial charge in [-0.15, -0.1) is 11.3 Å². The van der Waals surface area contributed by atoms with Gasteiger partial charge in [0.25, 0.3) is 0 Å². The summed E-state index contributed by atoms with van der Waals surface area (Å²) in [5, 5.41) is 12.2. The number of hydrogen-bond acceptors (Lipinski definition) is 4. The van der Waals surface area contributed by atoms with Gasteiger partial charge < -0.3 is 9.84 Å². The Kier molecular flexibility index (Phi) is 3.42. The Morgan fingerprint density at radius 3 is 3.10 bits per heavy atom. The molecule has 1 atom stereocenters. The van der Waals surface area contributed by atoms with Crippen molar-refractivity contribution in [3.63, 3.8) is 0 Å². The van der Waals surface area contributed by atoms with E-state index in [4.69, 9.17) is 4.74 Å². The fourth-order valence-electron chi connectivity index (χ4n) is 2.19. The van der Waals surface area contributed by atoms with Gasteiger partial charge in [0.1, 0.15) is 11.6 Å². The van der Waals surface area contributed by atoms with E-state index >= 15 is 0 Å². The quantitative estimate of drug-likeness (QED) is 0.804. The molecule has 1 unspecified atom stereocenters. The largest absolute Gasteiger partial charge is 0.496 e. The molecule has 2 aromatic heterocycles. The second-order valence-electron chi connectivity index (χ2n) is 4.40. The fraction of sp³-hybridized carbons (Fsp3) is 0.214. The lowest BCUT2D eigenvalue weighted by Crippen LogP contribution is -2.07. The van der Waals surface area contributed by atoms with Crippen molar-refractivity contribution in [3.8, 4) is 5.75 Å². The van der Waals surface area contributed by atoms with Gasteiger partial charge in [0.2, 0.25) is 0 Å². The van der Waals surface area contributed by atoms with Gasteiger partial charge in [-0.25, -0.2) is 9.37 Å². The number of methoxy groups -OCH3 is 1. The van der Waals surface area contributed by atoms with Gasteiger partial charge in [-0.2, -0.15) is 0 Å². The van der Waals surface area contributed by atoms with E-state index in [1.54, 1.807) is 12.1 Å². The molecule has 0 radical (unpaired) electrons. The SMILES string of the molecule is COc1cccc(F)c1C(O)Cc1cn2ccsc2n1. The zero-order valence-corrected chi connectivity index (χ0v) is 11.6. The van der Waals surface area contributed by atoms with Crippen LogP contribution in [0.1, 0.15) is 17.4 Å². The van der Waals surface area contributed by atoms with Crippen LogP contribution in [0.15, 0.2) is 36.0 Å². The third kappa shape index (κ3) is 2.28. The molecule has 0 saturated heterocycles. The van der Waals surface area contributed by atoms with Crippen LogP contribution >= 0.6 is 11.3 Å². The molecule has 4 nitrogen and oxygen atoms in total.